The topological polar surface area (TPSA) is 23.6 Å². The second-order valence-corrected chi connectivity index (χ2v) is 5.88. The quantitative estimate of drug-likeness (QED) is 0.786. The molecular formula is C14H20BrClN2O. The molecule has 0 saturated carbocycles. The summed E-state index contributed by atoms with van der Waals surface area (Å²) in [6.07, 6.45) is 0.957. The molecule has 1 amide bonds. The third-order valence-corrected chi connectivity index (χ3v) is 4.18. The van der Waals surface area contributed by atoms with Crippen molar-refractivity contribution in [1.82, 2.24) is 9.80 Å². The van der Waals surface area contributed by atoms with E-state index < -0.39 is 0 Å². The van der Waals surface area contributed by atoms with Crippen molar-refractivity contribution in [3.8, 4) is 0 Å². The number of hydrogen-bond acceptors (Lipinski definition) is 2. The number of rotatable bonds is 6. The average molecular weight is 348 g/mol. The molecule has 0 saturated heterocycles. The Balaban J connectivity index is 2.75. The number of carbonyl (C=O) groups is 1. The van der Waals surface area contributed by atoms with Gasteiger partial charge in [0.15, 0.2) is 0 Å². The monoisotopic (exact) mass is 346 g/mol. The van der Waals surface area contributed by atoms with E-state index in [1.165, 1.54) is 0 Å². The molecule has 0 spiro atoms. The maximum absolute atomic E-state index is 12.4. The van der Waals surface area contributed by atoms with Crippen LogP contribution in [0.3, 0.4) is 0 Å². The standard InChI is InChI=1S/C14H20BrClN2O/c1-4-18(10-6-9-17(2)3)14(19)11-7-5-8-12(15)13(11)16/h5,7-8H,4,6,9-10H2,1-3H3. The molecule has 1 rings (SSSR count). The zero-order chi connectivity index (χ0) is 14.4. The molecule has 0 N–H and O–H groups in total. The lowest BCUT2D eigenvalue weighted by molar-refractivity contribution is 0.0759. The molecule has 1 aromatic rings. The third kappa shape index (κ3) is 4.79. The summed E-state index contributed by atoms with van der Waals surface area (Å²) < 4.78 is 0.754. The highest BCUT2D eigenvalue weighted by atomic mass is 79.9. The summed E-state index contributed by atoms with van der Waals surface area (Å²) in [5, 5.41) is 0.485. The fourth-order valence-electron chi connectivity index (χ4n) is 1.82. The molecule has 0 aliphatic carbocycles. The highest BCUT2D eigenvalue weighted by molar-refractivity contribution is 9.10. The largest absolute Gasteiger partial charge is 0.339 e. The zero-order valence-corrected chi connectivity index (χ0v) is 14.0. The van der Waals surface area contributed by atoms with Crippen LogP contribution in [0.25, 0.3) is 0 Å². The summed E-state index contributed by atoms with van der Waals surface area (Å²) in [5.41, 5.74) is 0.558. The van der Waals surface area contributed by atoms with Crippen LogP contribution >= 0.6 is 27.5 Å². The lowest BCUT2D eigenvalue weighted by Gasteiger charge is -2.22. The van der Waals surface area contributed by atoms with Crippen LogP contribution in [0, 0.1) is 0 Å². The number of nitrogens with zero attached hydrogens (tertiary/aromatic N) is 2. The Bertz CT molecular complexity index is 437. The molecule has 0 aromatic heterocycles. The first-order valence-electron chi connectivity index (χ1n) is 6.35. The lowest BCUT2D eigenvalue weighted by atomic mass is 10.2. The van der Waals surface area contributed by atoms with Crippen LogP contribution in [-0.4, -0.2) is 49.4 Å². The first-order valence-corrected chi connectivity index (χ1v) is 7.52. The second kappa shape index (κ2) is 7.88. The number of benzene rings is 1. The van der Waals surface area contributed by atoms with Gasteiger partial charge in [-0.15, -0.1) is 0 Å². The fraction of sp³-hybridized carbons (Fsp3) is 0.500. The van der Waals surface area contributed by atoms with E-state index in [2.05, 4.69) is 20.8 Å². The van der Waals surface area contributed by atoms with Gasteiger partial charge < -0.3 is 9.80 Å². The molecule has 19 heavy (non-hydrogen) atoms. The van der Waals surface area contributed by atoms with Crippen LogP contribution in [0.5, 0.6) is 0 Å². The Hall–Kier alpha value is -0.580. The minimum absolute atomic E-state index is 0.00689. The van der Waals surface area contributed by atoms with E-state index in [1.54, 1.807) is 6.07 Å². The third-order valence-electron chi connectivity index (χ3n) is 2.88. The zero-order valence-electron chi connectivity index (χ0n) is 11.6. The Labute approximate surface area is 128 Å². The van der Waals surface area contributed by atoms with Crippen molar-refractivity contribution in [1.29, 1.82) is 0 Å². The summed E-state index contributed by atoms with van der Waals surface area (Å²) in [6, 6.07) is 5.43. The van der Waals surface area contributed by atoms with Crippen LogP contribution < -0.4 is 0 Å². The summed E-state index contributed by atoms with van der Waals surface area (Å²) in [4.78, 5) is 16.4. The van der Waals surface area contributed by atoms with Crippen molar-refractivity contribution in [3.63, 3.8) is 0 Å². The molecule has 106 valence electrons. The van der Waals surface area contributed by atoms with Gasteiger partial charge in [0, 0.05) is 17.6 Å². The van der Waals surface area contributed by atoms with Crippen molar-refractivity contribution >= 4 is 33.4 Å². The van der Waals surface area contributed by atoms with E-state index in [0.717, 1.165) is 24.0 Å². The van der Waals surface area contributed by atoms with E-state index >= 15 is 0 Å². The fourth-order valence-corrected chi connectivity index (χ4v) is 2.39. The van der Waals surface area contributed by atoms with E-state index in [-0.39, 0.29) is 5.91 Å². The van der Waals surface area contributed by atoms with Gasteiger partial charge in [0.05, 0.1) is 10.6 Å². The molecule has 0 atom stereocenters. The van der Waals surface area contributed by atoms with E-state index in [9.17, 15) is 4.79 Å². The maximum atomic E-state index is 12.4. The van der Waals surface area contributed by atoms with E-state index in [1.807, 2.05) is 38.1 Å². The molecule has 0 radical (unpaired) electrons. The van der Waals surface area contributed by atoms with Gasteiger partial charge in [-0.2, -0.15) is 0 Å². The minimum atomic E-state index is -0.00689. The number of carbonyl (C=O) groups excluding carboxylic acids is 1. The highest BCUT2D eigenvalue weighted by Crippen LogP contribution is 2.26. The Morgan fingerprint density at radius 1 is 1.32 bits per heavy atom. The average Bonchev–Trinajstić information content (AvgIpc) is 2.37. The molecule has 5 heteroatoms. The van der Waals surface area contributed by atoms with Gasteiger partial charge in [-0.25, -0.2) is 0 Å². The Morgan fingerprint density at radius 2 is 2.00 bits per heavy atom. The molecular weight excluding hydrogens is 328 g/mol. The summed E-state index contributed by atoms with van der Waals surface area (Å²) in [7, 11) is 4.06. The minimum Gasteiger partial charge on any atom is -0.339 e. The number of hydrogen-bond donors (Lipinski definition) is 0. The smallest absolute Gasteiger partial charge is 0.255 e. The lowest BCUT2D eigenvalue weighted by Crippen LogP contribution is -2.33. The van der Waals surface area contributed by atoms with Gasteiger partial charge in [0.2, 0.25) is 0 Å². The van der Waals surface area contributed by atoms with E-state index in [0.29, 0.717) is 17.1 Å². The van der Waals surface area contributed by atoms with Crippen molar-refractivity contribution in [2.75, 3.05) is 33.7 Å². The molecule has 0 heterocycles. The number of amides is 1. The first-order chi connectivity index (χ1) is 8.97. The molecule has 0 bridgehead atoms. The predicted octanol–water partition coefficient (Wildman–Crippen LogP) is 3.52. The molecule has 0 aliphatic heterocycles. The van der Waals surface area contributed by atoms with Crippen molar-refractivity contribution < 1.29 is 4.79 Å². The summed E-state index contributed by atoms with van der Waals surface area (Å²) in [6.45, 7) is 4.39. The molecule has 0 fully saturated rings. The predicted molar refractivity (Wildman–Crippen MR) is 83.9 cm³/mol. The normalized spacial score (nSPS) is 10.8. The summed E-state index contributed by atoms with van der Waals surface area (Å²) >= 11 is 9.52. The van der Waals surface area contributed by atoms with Gasteiger partial charge in [0.1, 0.15) is 0 Å². The van der Waals surface area contributed by atoms with Gasteiger partial charge in [-0.1, -0.05) is 17.7 Å². The van der Waals surface area contributed by atoms with Gasteiger partial charge in [-0.05, 0) is 62.0 Å². The SMILES string of the molecule is CCN(CCCN(C)C)C(=O)c1cccc(Br)c1Cl. The van der Waals surface area contributed by atoms with Crippen LogP contribution in [0.1, 0.15) is 23.7 Å². The van der Waals surface area contributed by atoms with Gasteiger partial charge in [0.25, 0.3) is 5.91 Å². The van der Waals surface area contributed by atoms with Crippen LogP contribution in [0.15, 0.2) is 22.7 Å². The van der Waals surface area contributed by atoms with Gasteiger partial charge in [-0.3, -0.25) is 4.79 Å². The van der Waals surface area contributed by atoms with Crippen molar-refractivity contribution in [2.24, 2.45) is 0 Å². The summed E-state index contributed by atoms with van der Waals surface area (Å²) in [5.74, 6) is -0.00689. The van der Waals surface area contributed by atoms with Crippen LogP contribution in [0.2, 0.25) is 5.02 Å². The van der Waals surface area contributed by atoms with Crippen LogP contribution in [0.4, 0.5) is 0 Å². The van der Waals surface area contributed by atoms with Crippen molar-refractivity contribution in [3.05, 3.63) is 33.3 Å². The first kappa shape index (κ1) is 16.5. The molecule has 1 aromatic carbocycles. The number of halogens is 2. The van der Waals surface area contributed by atoms with Gasteiger partial charge >= 0.3 is 0 Å². The van der Waals surface area contributed by atoms with E-state index in [4.69, 9.17) is 11.6 Å². The molecule has 0 unspecified atom stereocenters. The Kier molecular flexibility index (Phi) is 6.83. The van der Waals surface area contributed by atoms with Crippen molar-refractivity contribution in [2.45, 2.75) is 13.3 Å². The molecule has 0 aliphatic rings. The second-order valence-electron chi connectivity index (χ2n) is 4.64. The maximum Gasteiger partial charge on any atom is 0.255 e. The molecule has 3 nitrogen and oxygen atoms in total. The Morgan fingerprint density at radius 3 is 2.58 bits per heavy atom. The highest BCUT2D eigenvalue weighted by Gasteiger charge is 2.17. The van der Waals surface area contributed by atoms with Crippen LogP contribution in [-0.2, 0) is 0 Å².